The largest absolute Gasteiger partial charge is 0.462 e. The number of aromatic nitrogens is 2. The third-order valence-corrected chi connectivity index (χ3v) is 4.07. The van der Waals surface area contributed by atoms with Gasteiger partial charge in [0, 0.05) is 28.7 Å². The molecule has 0 spiro atoms. The van der Waals surface area contributed by atoms with Crippen molar-refractivity contribution in [2.45, 2.75) is 20.8 Å². The molecule has 0 bridgehead atoms. The van der Waals surface area contributed by atoms with Gasteiger partial charge < -0.3 is 15.4 Å². The average Bonchev–Trinajstić information content (AvgIpc) is 2.68. The van der Waals surface area contributed by atoms with Crippen LogP contribution in [0.15, 0.2) is 54.6 Å². The number of carbonyl (C=O) groups excluding carboxylic acids is 2. The highest BCUT2D eigenvalue weighted by molar-refractivity contribution is 5.94. The summed E-state index contributed by atoms with van der Waals surface area (Å²) in [5.74, 6) is 0.721. The zero-order valence-corrected chi connectivity index (χ0v) is 16.5. The van der Waals surface area contributed by atoms with Crippen LogP contribution in [0.1, 0.15) is 40.3 Å². The average molecular weight is 390 g/mol. The summed E-state index contributed by atoms with van der Waals surface area (Å²) in [5.41, 5.74) is 3.49. The Kier molecular flexibility index (Phi) is 6.19. The summed E-state index contributed by atoms with van der Waals surface area (Å²) in [6, 6.07) is 15.9. The van der Waals surface area contributed by atoms with E-state index in [0.717, 1.165) is 17.1 Å². The Morgan fingerprint density at radius 1 is 0.897 bits per heavy atom. The monoisotopic (exact) mass is 390 g/mol. The van der Waals surface area contributed by atoms with Crippen molar-refractivity contribution in [3.63, 3.8) is 0 Å². The van der Waals surface area contributed by atoms with Crippen LogP contribution in [0.3, 0.4) is 0 Å². The van der Waals surface area contributed by atoms with Gasteiger partial charge in [-0.05, 0) is 69.3 Å². The summed E-state index contributed by atoms with van der Waals surface area (Å²) < 4.78 is 4.98. The van der Waals surface area contributed by atoms with E-state index in [1.54, 1.807) is 43.3 Å². The number of carbonyl (C=O) groups is 2. The molecule has 0 fully saturated rings. The van der Waals surface area contributed by atoms with Gasteiger partial charge in [0.1, 0.15) is 5.82 Å². The van der Waals surface area contributed by atoms with E-state index in [2.05, 4.69) is 20.6 Å². The maximum Gasteiger partial charge on any atom is 0.338 e. The highest BCUT2D eigenvalue weighted by Crippen LogP contribution is 2.20. The van der Waals surface area contributed by atoms with E-state index >= 15 is 0 Å². The van der Waals surface area contributed by atoms with Gasteiger partial charge in [-0.3, -0.25) is 4.79 Å². The van der Waals surface area contributed by atoms with Gasteiger partial charge in [-0.25, -0.2) is 9.78 Å². The highest BCUT2D eigenvalue weighted by Gasteiger charge is 2.08. The topological polar surface area (TPSA) is 93.2 Å². The molecule has 29 heavy (non-hydrogen) atoms. The van der Waals surface area contributed by atoms with Crippen LogP contribution < -0.4 is 10.6 Å². The van der Waals surface area contributed by atoms with Crippen LogP contribution in [-0.2, 0) is 4.74 Å². The summed E-state index contributed by atoms with van der Waals surface area (Å²) in [5, 5.41) is 6.35. The molecule has 0 atom stereocenters. The molecule has 0 radical (unpaired) electrons. The van der Waals surface area contributed by atoms with Crippen LogP contribution in [0.25, 0.3) is 0 Å². The molecule has 1 aromatic heterocycles. The van der Waals surface area contributed by atoms with Gasteiger partial charge in [0.15, 0.2) is 5.78 Å². The lowest BCUT2D eigenvalue weighted by Gasteiger charge is -2.11. The minimum atomic E-state index is -0.354. The van der Waals surface area contributed by atoms with Crippen molar-refractivity contribution in [1.82, 2.24) is 9.97 Å². The minimum absolute atomic E-state index is 0.0230. The second-order valence-electron chi connectivity index (χ2n) is 6.40. The first-order valence-electron chi connectivity index (χ1n) is 9.22. The molecule has 0 saturated carbocycles. The molecular weight excluding hydrogens is 368 g/mol. The Labute approximate surface area is 169 Å². The number of ketones is 1. The smallest absolute Gasteiger partial charge is 0.338 e. The molecule has 3 aromatic rings. The Morgan fingerprint density at radius 2 is 1.48 bits per heavy atom. The Balaban J connectivity index is 1.73. The number of anilines is 4. The van der Waals surface area contributed by atoms with E-state index in [4.69, 9.17) is 4.74 Å². The number of nitrogens with zero attached hydrogens (tertiary/aromatic N) is 2. The molecule has 0 unspecified atom stereocenters. The van der Waals surface area contributed by atoms with E-state index in [1.165, 1.54) is 6.92 Å². The molecule has 0 aliphatic heterocycles. The van der Waals surface area contributed by atoms with Crippen molar-refractivity contribution in [1.29, 1.82) is 0 Å². The van der Waals surface area contributed by atoms with Crippen LogP contribution in [0.2, 0.25) is 0 Å². The summed E-state index contributed by atoms with van der Waals surface area (Å²) in [6.45, 7) is 5.52. The van der Waals surface area contributed by atoms with Crippen LogP contribution in [0, 0.1) is 6.92 Å². The van der Waals surface area contributed by atoms with Gasteiger partial charge in [0.05, 0.1) is 12.2 Å². The lowest BCUT2D eigenvalue weighted by Crippen LogP contribution is -2.05. The van der Waals surface area contributed by atoms with Crippen molar-refractivity contribution in [2.24, 2.45) is 0 Å². The second-order valence-corrected chi connectivity index (χ2v) is 6.40. The summed E-state index contributed by atoms with van der Waals surface area (Å²) in [7, 11) is 0. The van der Waals surface area contributed by atoms with Crippen LogP contribution in [-0.4, -0.2) is 28.3 Å². The number of ether oxygens (including phenoxy) is 1. The van der Waals surface area contributed by atoms with E-state index < -0.39 is 0 Å². The number of aryl methyl sites for hydroxylation is 1. The maximum atomic E-state index is 11.7. The summed E-state index contributed by atoms with van der Waals surface area (Å²) in [4.78, 5) is 32.0. The molecule has 7 nitrogen and oxygen atoms in total. The Hall–Kier alpha value is -3.74. The number of esters is 1. The highest BCUT2D eigenvalue weighted by atomic mass is 16.5. The summed E-state index contributed by atoms with van der Waals surface area (Å²) in [6.07, 6.45) is 0. The predicted molar refractivity (Wildman–Crippen MR) is 112 cm³/mol. The van der Waals surface area contributed by atoms with Gasteiger partial charge >= 0.3 is 5.97 Å². The van der Waals surface area contributed by atoms with E-state index in [9.17, 15) is 9.59 Å². The zero-order valence-electron chi connectivity index (χ0n) is 16.5. The number of hydrogen-bond donors (Lipinski definition) is 2. The molecule has 1 heterocycles. The molecule has 3 rings (SSSR count). The third kappa shape index (κ3) is 5.38. The fourth-order valence-corrected chi connectivity index (χ4v) is 2.66. The third-order valence-electron chi connectivity index (χ3n) is 4.07. The molecule has 0 saturated heterocycles. The number of nitrogens with one attached hydrogen (secondary N) is 2. The van der Waals surface area contributed by atoms with Crippen molar-refractivity contribution in [3.8, 4) is 0 Å². The zero-order chi connectivity index (χ0) is 20.8. The van der Waals surface area contributed by atoms with Gasteiger partial charge in [0.2, 0.25) is 5.95 Å². The molecule has 0 amide bonds. The first-order chi connectivity index (χ1) is 13.9. The Morgan fingerprint density at radius 3 is 2.07 bits per heavy atom. The lowest BCUT2D eigenvalue weighted by atomic mass is 10.1. The number of rotatable bonds is 7. The van der Waals surface area contributed by atoms with Gasteiger partial charge in [-0.1, -0.05) is 0 Å². The van der Waals surface area contributed by atoms with Crippen molar-refractivity contribution < 1.29 is 14.3 Å². The van der Waals surface area contributed by atoms with Gasteiger partial charge in [-0.15, -0.1) is 0 Å². The predicted octanol–water partition coefficient (Wildman–Crippen LogP) is 4.65. The number of hydrogen-bond acceptors (Lipinski definition) is 7. The van der Waals surface area contributed by atoms with Gasteiger partial charge in [-0.2, -0.15) is 4.98 Å². The fraction of sp³-hybridized carbons (Fsp3) is 0.182. The molecule has 0 aliphatic rings. The minimum Gasteiger partial charge on any atom is -0.462 e. The quantitative estimate of drug-likeness (QED) is 0.448. The van der Waals surface area contributed by atoms with Crippen LogP contribution >= 0.6 is 0 Å². The normalized spacial score (nSPS) is 10.3. The maximum absolute atomic E-state index is 11.7. The summed E-state index contributed by atoms with van der Waals surface area (Å²) >= 11 is 0. The van der Waals surface area contributed by atoms with Crippen LogP contribution in [0.4, 0.5) is 23.1 Å². The first-order valence-corrected chi connectivity index (χ1v) is 9.22. The van der Waals surface area contributed by atoms with E-state index in [1.807, 2.05) is 25.1 Å². The SMILES string of the molecule is CCOC(=O)c1ccc(Nc2nc(C)cc(Nc3ccc(C(C)=O)cc3)n2)cc1. The standard InChI is InChI=1S/C22H22N4O3/c1-4-29-21(28)17-7-11-19(12-8-17)25-22-23-14(2)13-20(26-22)24-18-9-5-16(6-10-18)15(3)27/h5-13H,4H2,1-3H3,(H2,23,24,25,26). The van der Waals surface area contributed by atoms with Crippen molar-refractivity contribution >= 4 is 34.9 Å². The molecular formula is C22H22N4O3. The lowest BCUT2D eigenvalue weighted by molar-refractivity contribution is 0.0526. The van der Waals surface area contributed by atoms with E-state index in [0.29, 0.717) is 29.5 Å². The fourth-order valence-electron chi connectivity index (χ4n) is 2.66. The molecule has 0 aliphatic carbocycles. The number of benzene rings is 2. The first kappa shape index (κ1) is 20.0. The molecule has 7 heteroatoms. The Bertz CT molecular complexity index is 1020. The van der Waals surface area contributed by atoms with Crippen LogP contribution in [0.5, 0.6) is 0 Å². The van der Waals surface area contributed by atoms with Crippen molar-refractivity contribution in [2.75, 3.05) is 17.2 Å². The molecule has 2 N–H and O–H groups in total. The molecule has 148 valence electrons. The van der Waals surface area contributed by atoms with E-state index in [-0.39, 0.29) is 11.8 Å². The molecule has 2 aromatic carbocycles. The number of Topliss-reactive ketones (excluding diaryl/α,β-unsaturated/α-hetero) is 1. The second kappa shape index (κ2) is 8.97. The van der Waals surface area contributed by atoms with Crippen molar-refractivity contribution in [3.05, 3.63) is 71.4 Å². The van der Waals surface area contributed by atoms with Gasteiger partial charge in [0.25, 0.3) is 0 Å².